The van der Waals surface area contributed by atoms with E-state index in [-0.39, 0.29) is 6.54 Å². The Morgan fingerprint density at radius 3 is 2.30 bits per heavy atom. The molecule has 7 heteroatoms. The maximum atomic E-state index is 12.5. The molecule has 2 nitrogen and oxygen atoms in total. The van der Waals surface area contributed by atoms with Crippen LogP contribution in [0.1, 0.15) is 0 Å². The highest BCUT2D eigenvalue weighted by atomic mass is 79.9. The quantitative estimate of drug-likeness (QED) is 0.746. The van der Waals surface area contributed by atoms with Crippen LogP contribution in [0.2, 0.25) is 5.02 Å². The van der Waals surface area contributed by atoms with E-state index in [4.69, 9.17) is 11.6 Å². The molecule has 1 aliphatic rings. The Hall–Kier alpha value is -0.460. The fourth-order valence-corrected chi connectivity index (χ4v) is 2.87. The first-order chi connectivity index (χ1) is 9.38. The van der Waals surface area contributed by atoms with E-state index in [2.05, 4.69) is 20.8 Å². The van der Waals surface area contributed by atoms with Crippen LogP contribution in [0.25, 0.3) is 0 Å². The van der Waals surface area contributed by atoms with Crippen molar-refractivity contribution in [2.75, 3.05) is 37.6 Å². The summed E-state index contributed by atoms with van der Waals surface area (Å²) in [6.07, 6.45) is -4.19. The van der Waals surface area contributed by atoms with Crippen LogP contribution in [0.3, 0.4) is 0 Å². The van der Waals surface area contributed by atoms with Gasteiger partial charge in [0, 0.05) is 32.7 Å². The lowest BCUT2D eigenvalue weighted by Crippen LogP contribution is -2.49. The van der Waals surface area contributed by atoms with E-state index in [1.807, 2.05) is 29.2 Å². The number of halogens is 5. The zero-order valence-electron chi connectivity index (χ0n) is 10.7. The molecule has 1 unspecified atom stereocenters. The molecule has 0 radical (unpaired) electrons. The lowest BCUT2D eigenvalue weighted by molar-refractivity contribution is -0.130. The predicted molar refractivity (Wildman–Crippen MR) is 78.9 cm³/mol. The van der Waals surface area contributed by atoms with Crippen molar-refractivity contribution in [3.63, 3.8) is 0 Å². The van der Waals surface area contributed by atoms with Crippen LogP contribution in [-0.4, -0.2) is 48.6 Å². The normalized spacial score (nSPS) is 19.1. The number of para-hydroxylation sites is 1. The van der Waals surface area contributed by atoms with Gasteiger partial charge in [0.15, 0.2) is 0 Å². The predicted octanol–water partition coefficient (Wildman–Crippen LogP) is 3.79. The number of piperazine rings is 1. The molecule has 1 aromatic carbocycles. The smallest absolute Gasteiger partial charge is 0.368 e. The largest absolute Gasteiger partial charge is 0.402 e. The van der Waals surface area contributed by atoms with Gasteiger partial charge < -0.3 is 4.90 Å². The van der Waals surface area contributed by atoms with Gasteiger partial charge in [-0.25, -0.2) is 0 Å². The van der Waals surface area contributed by atoms with Gasteiger partial charge in [-0.05, 0) is 12.1 Å². The van der Waals surface area contributed by atoms with Crippen molar-refractivity contribution >= 4 is 33.2 Å². The van der Waals surface area contributed by atoms with Crippen molar-refractivity contribution in [3.05, 3.63) is 29.3 Å². The van der Waals surface area contributed by atoms with Gasteiger partial charge in [0.25, 0.3) is 0 Å². The number of alkyl halides is 4. The van der Waals surface area contributed by atoms with E-state index in [9.17, 15) is 13.2 Å². The monoisotopic (exact) mass is 370 g/mol. The van der Waals surface area contributed by atoms with Crippen LogP contribution in [-0.2, 0) is 0 Å². The summed E-state index contributed by atoms with van der Waals surface area (Å²) in [5, 5.41) is 0.676. The zero-order chi connectivity index (χ0) is 14.8. The standard InChI is InChI=1S/C13H15BrClF3N2/c14-12(13(16,17)18)9-19-5-7-20(8-6-19)11-4-2-1-3-10(11)15/h1-4,12H,5-9H2. The van der Waals surface area contributed by atoms with Gasteiger partial charge in [-0.3, -0.25) is 4.90 Å². The minimum atomic E-state index is -4.19. The molecule has 1 aliphatic heterocycles. The average Bonchev–Trinajstić information content (AvgIpc) is 2.39. The number of anilines is 1. The topological polar surface area (TPSA) is 6.48 Å². The molecule has 0 N–H and O–H groups in total. The van der Waals surface area contributed by atoms with E-state index in [1.54, 1.807) is 0 Å². The van der Waals surface area contributed by atoms with Crippen LogP contribution < -0.4 is 4.90 Å². The molecule has 0 aromatic heterocycles. The maximum Gasteiger partial charge on any atom is 0.402 e. The fourth-order valence-electron chi connectivity index (χ4n) is 2.21. The second kappa shape index (κ2) is 6.54. The molecule has 1 fully saturated rings. The Bertz CT molecular complexity index is 447. The number of hydrogen-bond acceptors (Lipinski definition) is 2. The molecule has 0 spiro atoms. The summed E-state index contributed by atoms with van der Waals surface area (Å²) in [6.45, 7) is 2.55. The third-order valence-electron chi connectivity index (χ3n) is 3.34. The molecule has 20 heavy (non-hydrogen) atoms. The molecule has 0 saturated carbocycles. The highest BCUT2D eigenvalue weighted by Gasteiger charge is 2.39. The minimum Gasteiger partial charge on any atom is -0.368 e. The van der Waals surface area contributed by atoms with Crippen molar-refractivity contribution in [3.8, 4) is 0 Å². The zero-order valence-corrected chi connectivity index (χ0v) is 13.0. The molecule has 2 rings (SSSR count). The Labute approximate surface area is 129 Å². The second-order valence-electron chi connectivity index (χ2n) is 4.75. The van der Waals surface area contributed by atoms with E-state index >= 15 is 0 Å². The van der Waals surface area contributed by atoms with E-state index in [0.29, 0.717) is 31.2 Å². The molecular weight excluding hydrogens is 357 g/mol. The molecular formula is C13H15BrClF3N2. The van der Waals surface area contributed by atoms with Crippen LogP contribution in [0.5, 0.6) is 0 Å². The SMILES string of the molecule is FC(F)(F)C(Br)CN1CCN(c2ccccc2Cl)CC1. The van der Waals surface area contributed by atoms with Gasteiger partial charge in [-0.1, -0.05) is 39.7 Å². The van der Waals surface area contributed by atoms with Gasteiger partial charge in [0.05, 0.1) is 10.7 Å². The summed E-state index contributed by atoms with van der Waals surface area (Å²) in [4.78, 5) is 2.46. The Morgan fingerprint density at radius 2 is 1.75 bits per heavy atom. The fraction of sp³-hybridized carbons (Fsp3) is 0.538. The van der Waals surface area contributed by atoms with E-state index < -0.39 is 11.0 Å². The molecule has 0 amide bonds. The van der Waals surface area contributed by atoms with E-state index in [0.717, 1.165) is 5.69 Å². The van der Waals surface area contributed by atoms with Crippen LogP contribution >= 0.6 is 27.5 Å². The summed E-state index contributed by atoms with van der Waals surface area (Å²) in [6, 6.07) is 7.52. The number of rotatable bonds is 3. The van der Waals surface area contributed by atoms with Crippen molar-refractivity contribution < 1.29 is 13.2 Å². The summed E-state index contributed by atoms with van der Waals surface area (Å²) in [5.41, 5.74) is 0.944. The van der Waals surface area contributed by atoms with Crippen molar-refractivity contribution in [1.82, 2.24) is 4.90 Å². The average molecular weight is 372 g/mol. The van der Waals surface area contributed by atoms with Crippen LogP contribution in [0.4, 0.5) is 18.9 Å². The Balaban J connectivity index is 1.88. The third kappa shape index (κ3) is 4.02. The molecule has 1 atom stereocenters. The third-order valence-corrected chi connectivity index (χ3v) is 4.47. The van der Waals surface area contributed by atoms with Crippen molar-refractivity contribution in [2.24, 2.45) is 0 Å². The first-order valence-corrected chi connectivity index (χ1v) is 7.60. The second-order valence-corrected chi connectivity index (χ2v) is 6.26. The molecule has 112 valence electrons. The molecule has 1 aromatic rings. The van der Waals surface area contributed by atoms with Crippen LogP contribution in [0.15, 0.2) is 24.3 Å². The lowest BCUT2D eigenvalue weighted by atomic mass is 10.2. The minimum absolute atomic E-state index is 0.0140. The maximum absolute atomic E-state index is 12.5. The number of nitrogens with zero attached hydrogens (tertiary/aromatic N) is 2. The first kappa shape index (κ1) is 15.9. The van der Waals surface area contributed by atoms with Crippen LogP contribution in [0, 0.1) is 0 Å². The number of hydrogen-bond donors (Lipinski definition) is 0. The van der Waals surface area contributed by atoms with Crippen molar-refractivity contribution in [2.45, 2.75) is 11.0 Å². The Kier molecular flexibility index (Phi) is 5.20. The van der Waals surface area contributed by atoms with Crippen molar-refractivity contribution in [1.29, 1.82) is 0 Å². The molecule has 0 aliphatic carbocycles. The Morgan fingerprint density at radius 1 is 1.15 bits per heavy atom. The summed E-state index contributed by atoms with van der Waals surface area (Å²) in [5.74, 6) is 0. The van der Waals surface area contributed by atoms with Gasteiger partial charge in [0.2, 0.25) is 0 Å². The lowest BCUT2D eigenvalue weighted by Gasteiger charge is -2.37. The highest BCUT2D eigenvalue weighted by molar-refractivity contribution is 9.09. The molecule has 0 bridgehead atoms. The highest BCUT2D eigenvalue weighted by Crippen LogP contribution is 2.29. The summed E-state index contributed by atoms with van der Waals surface area (Å²) in [7, 11) is 0. The molecule has 1 saturated heterocycles. The van der Waals surface area contributed by atoms with Gasteiger partial charge in [0.1, 0.15) is 4.83 Å². The molecule has 1 heterocycles. The first-order valence-electron chi connectivity index (χ1n) is 6.30. The van der Waals surface area contributed by atoms with E-state index in [1.165, 1.54) is 0 Å². The summed E-state index contributed by atoms with van der Waals surface area (Å²) < 4.78 is 37.5. The van der Waals surface area contributed by atoms with Gasteiger partial charge in [-0.15, -0.1) is 0 Å². The number of benzene rings is 1. The van der Waals surface area contributed by atoms with Gasteiger partial charge in [-0.2, -0.15) is 13.2 Å². The van der Waals surface area contributed by atoms with Gasteiger partial charge >= 0.3 is 6.18 Å². The summed E-state index contributed by atoms with van der Waals surface area (Å²) >= 11 is 8.83.